The highest BCUT2D eigenvalue weighted by molar-refractivity contribution is 6.05. The summed E-state index contributed by atoms with van der Waals surface area (Å²) in [6.07, 6.45) is 5.89. The van der Waals surface area contributed by atoms with Crippen LogP contribution in [0.5, 0.6) is 11.5 Å². The Morgan fingerprint density at radius 1 is 1.26 bits per heavy atom. The summed E-state index contributed by atoms with van der Waals surface area (Å²) in [5, 5.41) is 2.23. The number of ether oxygens (including phenoxy) is 2. The summed E-state index contributed by atoms with van der Waals surface area (Å²) in [6.45, 7) is 2.97. The van der Waals surface area contributed by atoms with Crippen molar-refractivity contribution in [2.24, 2.45) is 0 Å². The maximum Gasteiger partial charge on any atom is 0.185 e. The first-order chi connectivity index (χ1) is 9.30. The fourth-order valence-electron chi connectivity index (χ4n) is 2.56. The molecule has 2 aromatic rings. The third-order valence-corrected chi connectivity index (χ3v) is 3.44. The van der Waals surface area contributed by atoms with Gasteiger partial charge >= 0.3 is 0 Å². The van der Waals surface area contributed by atoms with Gasteiger partial charge in [-0.2, -0.15) is 0 Å². The van der Waals surface area contributed by atoms with Gasteiger partial charge in [0, 0.05) is 24.3 Å². The highest BCUT2D eigenvalue weighted by Gasteiger charge is 2.23. The molecule has 1 aliphatic heterocycles. The van der Waals surface area contributed by atoms with E-state index in [0.29, 0.717) is 0 Å². The van der Waals surface area contributed by atoms with E-state index in [1.165, 1.54) is 0 Å². The lowest BCUT2D eigenvalue weighted by atomic mass is 10.0. The molecule has 0 spiro atoms. The lowest BCUT2D eigenvalue weighted by Gasteiger charge is -2.27. The van der Waals surface area contributed by atoms with Crippen LogP contribution < -0.4 is 14.4 Å². The summed E-state index contributed by atoms with van der Waals surface area (Å²) in [5.74, 6) is 1.51. The van der Waals surface area contributed by atoms with Crippen molar-refractivity contribution in [3.05, 3.63) is 30.2 Å². The molecule has 4 heteroatoms. The molecule has 0 saturated heterocycles. The molecule has 0 fully saturated rings. The highest BCUT2D eigenvalue weighted by atomic mass is 16.5. The molecule has 1 aliphatic rings. The number of hydrogen-bond donors (Lipinski definition) is 0. The fourth-order valence-corrected chi connectivity index (χ4v) is 2.56. The van der Waals surface area contributed by atoms with Gasteiger partial charge < -0.3 is 14.4 Å². The molecule has 1 aromatic heterocycles. The molecule has 1 aromatic carbocycles. The molecule has 4 nitrogen and oxygen atoms in total. The van der Waals surface area contributed by atoms with E-state index in [4.69, 9.17) is 9.47 Å². The van der Waals surface area contributed by atoms with E-state index in [1.54, 1.807) is 14.2 Å². The van der Waals surface area contributed by atoms with Crippen LogP contribution in [0.1, 0.15) is 12.6 Å². The quantitative estimate of drug-likeness (QED) is 0.845. The average Bonchev–Trinajstić information content (AvgIpc) is 2.47. The van der Waals surface area contributed by atoms with Crippen molar-refractivity contribution in [2.75, 3.05) is 25.7 Å². The predicted octanol–water partition coefficient (Wildman–Crippen LogP) is 3.06. The van der Waals surface area contributed by atoms with Crippen LogP contribution >= 0.6 is 0 Å². The van der Waals surface area contributed by atoms with E-state index in [0.717, 1.165) is 40.2 Å². The predicted molar refractivity (Wildman–Crippen MR) is 76.9 cm³/mol. The van der Waals surface area contributed by atoms with Gasteiger partial charge in [0.05, 0.1) is 25.6 Å². The first-order valence-corrected chi connectivity index (χ1v) is 6.28. The second-order valence-electron chi connectivity index (χ2n) is 4.36. The zero-order valence-electron chi connectivity index (χ0n) is 11.3. The van der Waals surface area contributed by atoms with Crippen molar-refractivity contribution in [1.29, 1.82) is 0 Å². The number of aromatic nitrogens is 1. The Hall–Kier alpha value is -2.23. The third kappa shape index (κ3) is 1.63. The zero-order valence-corrected chi connectivity index (χ0v) is 11.3. The number of hydrogen-bond acceptors (Lipinski definition) is 4. The van der Waals surface area contributed by atoms with Gasteiger partial charge in [0.15, 0.2) is 11.5 Å². The molecule has 3 rings (SSSR count). The molecule has 0 unspecified atom stereocenters. The van der Waals surface area contributed by atoms with Crippen LogP contribution in [0.15, 0.2) is 24.5 Å². The van der Waals surface area contributed by atoms with Gasteiger partial charge in [0.2, 0.25) is 0 Å². The summed E-state index contributed by atoms with van der Waals surface area (Å²) in [6, 6.07) is 3.99. The second kappa shape index (κ2) is 4.46. The molecular formula is C15H16N2O2. The maximum absolute atomic E-state index is 5.56. The van der Waals surface area contributed by atoms with Crippen LogP contribution in [0.4, 0.5) is 5.69 Å². The third-order valence-electron chi connectivity index (χ3n) is 3.44. The van der Waals surface area contributed by atoms with Crippen LogP contribution in [-0.4, -0.2) is 25.7 Å². The molecule has 19 heavy (non-hydrogen) atoms. The van der Waals surface area contributed by atoms with Gasteiger partial charge in [-0.3, -0.25) is 4.98 Å². The van der Waals surface area contributed by atoms with Crippen molar-refractivity contribution >= 4 is 22.5 Å². The first kappa shape index (κ1) is 11.8. The molecule has 0 radical (unpaired) electrons. The van der Waals surface area contributed by atoms with E-state index in [1.807, 2.05) is 30.6 Å². The lowest BCUT2D eigenvalue weighted by molar-refractivity contribution is 0.356. The number of benzene rings is 1. The Labute approximate surface area is 112 Å². The monoisotopic (exact) mass is 256 g/mol. The molecular weight excluding hydrogens is 240 g/mol. The molecule has 2 heterocycles. The molecule has 0 amide bonds. The smallest absolute Gasteiger partial charge is 0.185 e. The van der Waals surface area contributed by atoms with E-state index in [9.17, 15) is 0 Å². The lowest BCUT2D eigenvalue weighted by Crippen LogP contribution is -2.19. The summed E-state index contributed by atoms with van der Waals surface area (Å²) < 4.78 is 11.0. The molecule has 0 N–H and O–H groups in total. The van der Waals surface area contributed by atoms with Crippen molar-refractivity contribution in [3.8, 4) is 11.5 Å². The van der Waals surface area contributed by atoms with Crippen LogP contribution in [0.2, 0.25) is 0 Å². The first-order valence-electron chi connectivity index (χ1n) is 6.28. The topological polar surface area (TPSA) is 34.6 Å². The second-order valence-corrected chi connectivity index (χ2v) is 4.36. The Morgan fingerprint density at radius 2 is 2.11 bits per heavy atom. The van der Waals surface area contributed by atoms with Crippen LogP contribution in [0.3, 0.4) is 0 Å². The van der Waals surface area contributed by atoms with Crippen molar-refractivity contribution < 1.29 is 9.47 Å². The standard InChI is InChI=1S/C15H16N2O2/c1-4-17-8-6-11-13-10(5-7-16-11)9-12(18-2)15(19-3)14(13)17/h5-9H,4H2,1-3H3. The van der Waals surface area contributed by atoms with E-state index in [2.05, 4.69) is 16.8 Å². The SMILES string of the molecule is CCN1C=Cc2nccc3cc(OC)c(OC)c1c23. The Balaban J connectivity index is 2.44. The molecule has 0 atom stereocenters. The average molecular weight is 256 g/mol. The minimum Gasteiger partial charge on any atom is -0.493 e. The fraction of sp³-hybridized carbons (Fsp3) is 0.267. The van der Waals surface area contributed by atoms with E-state index in [-0.39, 0.29) is 0 Å². The van der Waals surface area contributed by atoms with Crippen molar-refractivity contribution in [2.45, 2.75) is 6.92 Å². The van der Waals surface area contributed by atoms with E-state index >= 15 is 0 Å². The highest BCUT2D eigenvalue weighted by Crippen LogP contribution is 2.46. The van der Waals surface area contributed by atoms with Gasteiger partial charge in [-0.15, -0.1) is 0 Å². The van der Waals surface area contributed by atoms with Crippen LogP contribution in [0.25, 0.3) is 16.8 Å². The van der Waals surface area contributed by atoms with Gasteiger partial charge in [0.25, 0.3) is 0 Å². The van der Waals surface area contributed by atoms with Crippen LogP contribution in [-0.2, 0) is 0 Å². The van der Waals surface area contributed by atoms with Crippen LogP contribution in [0, 0.1) is 0 Å². The number of methoxy groups -OCH3 is 2. The molecule has 0 aliphatic carbocycles. The van der Waals surface area contributed by atoms with Crippen molar-refractivity contribution in [3.63, 3.8) is 0 Å². The van der Waals surface area contributed by atoms with Gasteiger partial charge in [-0.1, -0.05) is 0 Å². The molecule has 0 bridgehead atoms. The molecule has 98 valence electrons. The minimum atomic E-state index is 0.746. The molecule has 0 saturated carbocycles. The van der Waals surface area contributed by atoms with E-state index < -0.39 is 0 Å². The Kier molecular flexibility index (Phi) is 2.78. The number of pyridine rings is 1. The summed E-state index contributed by atoms with van der Waals surface area (Å²) in [5.41, 5.74) is 2.00. The Bertz CT molecular complexity index is 665. The van der Waals surface area contributed by atoms with Gasteiger partial charge in [0.1, 0.15) is 0 Å². The maximum atomic E-state index is 5.56. The number of rotatable bonds is 3. The minimum absolute atomic E-state index is 0.746. The summed E-state index contributed by atoms with van der Waals surface area (Å²) >= 11 is 0. The number of nitrogens with zero attached hydrogens (tertiary/aromatic N) is 2. The van der Waals surface area contributed by atoms with Gasteiger partial charge in [-0.05, 0) is 30.5 Å². The normalized spacial score (nSPS) is 12.9. The van der Waals surface area contributed by atoms with Crippen molar-refractivity contribution in [1.82, 2.24) is 4.98 Å². The summed E-state index contributed by atoms with van der Waals surface area (Å²) in [4.78, 5) is 6.58. The largest absolute Gasteiger partial charge is 0.493 e. The number of anilines is 1. The van der Waals surface area contributed by atoms with Gasteiger partial charge in [-0.25, -0.2) is 0 Å². The Morgan fingerprint density at radius 3 is 2.79 bits per heavy atom. The zero-order chi connectivity index (χ0) is 13.4. The summed E-state index contributed by atoms with van der Waals surface area (Å²) in [7, 11) is 3.33.